The quantitative estimate of drug-likeness (QED) is 0.539. The van der Waals surface area contributed by atoms with Crippen LogP contribution in [0, 0.1) is 5.82 Å². The van der Waals surface area contributed by atoms with Gasteiger partial charge in [0.05, 0.1) is 17.7 Å². The molecule has 0 radical (unpaired) electrons. The lowest BCUT2D eigenvalue weighted by Crippen LogP contribution is -2.22. The molecule has 148 valence electrons. The Balaban J connectivity index is 1.65. The summed E-state index contributed by atoms with van der Waals surface area (Å²) in [6, 6.07) is 3.25. The SMILES string of the molecule is CCOC(=O)c1c(C2CC2)csc1NC(=O)COC(=O)c1ccc(F)cc1N. The molecular formula is C19H19FN2O5S. The average Bonchev–Trinajstić information content (AvgIpc) is 3.40. The number of rotatable bonds is 7. The predicted molar refractivity (Wildman–Crippen MR) is 102 cm³/mol. The van der Waals surface area contributed by atoms with Gasteiger partial charge in [0.25, 0.3) is 5.91 Å². The van der Waals surface area contributed by atoms with E-state index < -0.39 is 30.3 Å². The van der Waals surface area contributed by atoms with Gasteiger partial charge in [0.2, 0.25) is 0 Å². The van der Waals surface area contributed by atoms with Crippen molar-refractivity contribution in [3.63, 3.8) is 0 Å². The summed E-state index contributed by atoms with van der Waals surface area (Å²) in [6.07, 6.45) is 1.99. The van der Waals surface area contributed by atoms with Crippen LogP contribution in [-0.4, -0.2) is 31.1 Å². The minimum absolute atomic E-state index is 0.0337. The number of amides is 1. The van der Waals surface area contributed by atoms with E-state index in [0.29, 0.717) is 16.5 Å². The minimum Gasteiger partial charge on any atom is -0.462 e. The van der Waals surface area contributed by atoms with Crippen molar-refractivity contribution in [3.8, 4) is 0 Å². The average molecular weight is 406 g/mol. The highest BCUT2D eigenvalue weighted by atomic mass is 32.1. The lowest BCUT2D eigenvalue weighted by molar-refractivity contribution is -0.119. The zero-order valence-electron chi connectivity index (χ0n) is 15.1. The lowest BCUT2D eigenvalue weighted by atomic mass is 10.1. The third-order valence-corrected chi connectivity index (χ3v) is 5.05. The number of nitrogens with one attached hydrogen (secondary N) is 1. The Bertz CT molecular complexity index is 923. The highest BCUT2D eigenvalue weighted by Crippen LogP contribution is 2.46. The van der Waals surface area contributed by atoms with Gasteiger partial charge in [-0.05, 0) is 54.8 Å². The zero-order valence-corrected chi connectivity index (χ0v) is 15.9. The Morgan fingerprint density at radius 3 is 2.64 bits per heavy atom. The van der Waals surface area contributed by atoms with Crippen molar-refractivity contribution < 1.29 is 28.2 Å². The second kappa shape index (κ2) is 8.39. The van der Waals surface area contributed by atoms with E-state index in [1.165, 1.54) is 17.4 Å². The number of anilines is 2. The molecule has 0 unspecified atom stereocenters. The number of thiophene rings is 1. The summed E-state index contributed by atoms with van der Waals surface area (Å²) < 4.78 is 23.1. The van der Waals surface area contributed by atoms with Crippen LogP contribution in [0.25, 0.3) is 0 Å². The molecule has 0 saturated heterocycles. The standard InChI is InChI=1S/C19H19FN2O5S/c1-2-26-19(25)16-13(10-3-4-10)9-28-17(16)22-15(23)8-27-18(24)12-6-5-11(20)7-14(12)21/h5-7,9-10H,2-4,8,21H2,1H3,(H,22,23). The van der Waals surface area contributed by atoms with Crippen LogP contribution >= 0.6 is 11.3 Å². The van der Waals surface area contributed by atoms with Crippen molar-refractivity contribution in [1.29, 1.82) is 0 Å². The minimum atomic E-state index is -0.844. The van der Waals surface area contributed by atoms with Crippen molar-refractivity contribution in [2.24, 2.45) is 0 Å². The van der Waals surface area contributed by atoms with E-state index in [1.807, 2.05) is 5.38 Å². The molecule has 3 rings (SSSR count). The molecule has 7 nitrogen and oxygen atoms in total. The highest BCUT2D eigenvalue weighted by molar-refractivity contribution is 7.15. The summed E-state index contributed by atoms with van der Waals surface area (Å²) in [5.74, 6) is -2.22. The normalized spacial score (nSPS) is 13.1. The monoisotopic (exact) mass is 406 g/mol. The second-order valence-corrected chi connectivity index (χ2v) is 7.13. The Hall–Kier alpha value is -2.94. The molecule has 1 aliphatic carbocycles. The van der Waals surface area contributed by atoms with E-state index in [9.17, 15) is 18.8 Å². The summed E-state index contributed by atoms with van der Waals surface area (Å²) in [4.78, 5) is 36.5. The number of esters is 2. The molecule has 1 aromatic carbocycles. The summed E-state index contributed by atoms with van der Waals surface area (Å²) in [5, 5.41) is 4.80. The Kier molecular flexibility index (Phi) is 5.93. The molecule has 1 saturated carbocycles. The maximum atomic E-state index is 13.1. The Morgan fingerprint density at radius 2 is 2.00 bits per heavy atom. The van der Waals surface area contributed by atoms with Crippen molar-refractivity contribution >= 4 is 39.9 Å². The van der Waals surface area contributed by atoms with Gasteiger partial charge in [-0.2, -0.15) is 0 Å². The number of carbonyl (C=O) groups is 3. The molecule has 2 aromatic rings. The smallest absolute Gasteiger partial charge is 0.341 e. The molecule has 1 aliphatic rings. The lowest BCUT2D eigenvalue weighted by Gasteiger charge is -2.09. The predicted octanol–water partition coefficient (Wildman–Crippen LogP) is 3.32. The van der Waals surface area contributed by atoms with Gasteiger partial charge in [0.15, 0.2) is 6.61 Å². The molecular weight excluding hydrogens is 387 g/mol. The molecule has 1 heterocycles. The van der Waals surface area contributed by atoms with E-state index in [2.05, 4.69) is 5.32 Å². The topological polar surface area (TPSA) is 108 Å². The van der Waals surface area contributed by atoms with Crippen LogP contribution in [0.1, 0.15) is 52.0 Å². The molecule has 0 bridgehead atoms. The van der Waals surface area contributed by atoms with Gasteiger partial charge in [0.1, 0.15) is 10.8 Å². The van der Waals surface area contributed by atoms with Gasteiger partial charge in [-0.1, -0.05) is 0 Å². The first kappa shape index (κ1) is 19.8. The van der Waals surface area contributed by atoms with Crippen LogP contribution in [0.5, 0.6) is 0 Å². The van der Waals surface area contributed by atoms with Crippen LogP contribution in [0.4, 0.5) is 15.1 Å². The summed E-state index contributed by atoms with van der Waals surface area (Å²) in [7, 11) is 0. The number of ether oxygens (including phenoxy) is 2. The summed E-state index contributed by atoms with van der Waals surface area (Å²) >= 11 is 1.23. The van der Waals surface area contributed by atoms with E-state index in [1.54, 1.807) is 6.92 Å². The first-order chi connectivity index (χ1) is 13.4. The van der Waals surface area contributed by atoms with Crippen molar-refractivity contribution in [2.75, 3.05) is 24.3 Å². The molecule has 0 spiro atoms. The number of nitrogen functional groups attached to an aromatic ring is 1. The van der Waals surface area contributed by atoms with Gasteiger partial charge in [-0.15, -0.1) is 11.3 Å². The van der Waals surface area contributed by atoms with E-state index in [-0.39, 0.29) is 17.9 Å². The fourth-order valence-electron chi connectivity index (χ4n) is 2.66. The van der Waals surface area contributed by atoms with Gasteiger partial charge in [-0.25, -0.2) is 14.0 Å². The summed E-state index contributed by atoms with van der Waals surface area (Å²) in [6.45, 7) is 1.36. The molecule has 1 amide bonds. The maximum absolute atomic E-state index is 13.1. The third kappa shape index (κ3) is 4.48. The van der Waals surface area contributed by atoms with Crippen LogP contribution in [0.3, 0.4) is 0 Å². The van der Waals surface area contributed by atoms with E-state index >= 15 is 0 Å². The van der Waals surface area contributed by atoms with Gasteiger partial charge < -0.3 is 20.5 Å². The molecule has 0 atom stereocenters. The van der Waals surface area contributed by atoms with Gasteiger partial charge >= 0.3 is 11.9 Å². The molecule has 0 aliphatic heterocycles. The third-order valence-electron chi connectivity index (χ3n) is 4.14. The zero-order chi connectivity index (χ0) is 20.3. The number of nitrogens with two attached hydrogens (primary N) is 1. The van der Waals surface area contributed by atoms with E-state index in [4.69, 9.17) is 15.2 Å². The van der Waals surface area contributed by atoms with Crippen LogP contribution in [-0.2, 0) is 14.3 Å². The molecule has 1 fully saturated rings. The molecule has 28 heavy (non-hydrogen) atoms. The van der Waals surface area contributed by atoms with Crippen molar-refractivity contribution in [1.82, 2.24) is 0 Å². The molecule has 1 aromatic heterocycles. The number of benzene rings is 1. The number of hydrogen-bond donors (Lipinski definition) is 2. The Morgan fingerprint density at radius 1 is 1.25 bits per heavy atom. The summed E-state index contributed by atoms with van der Waals surface area (Å²) in [5.41, 5.74) is 6.69. The van der Waals surface area contributed by atoms with Gasteiger partial charge in [-0.3, -0.25) is 4.79 Å². The fourth-order valence-corrected chi connectivity index (χ4v) is 3.71. The number of halogens is 1. The molecule has 3 N–H and O–H groups in total. The number of hydrogen-bond acceptors (Lipinski definition) is 7. The van der Waals surface area contributed by atoms with Crippen LogP contribution in [0.2, 0.25) is 0 Å². The Labute approximate surface area is 164 Å². The fraction of sp³-hybridized carbons (Fsp3) is 0.316. The van der Waals surface area contributed by atoms with Gasteiger partial charge in [0, 0.05) is 5.69 Å². The van der Waals surface area contributed by atoms with Crippen molar-refractivity contribution in [3.05, 3.63) is 46.1 Å². The van der Waals surface area contributed by atoms with Crippen LogP contribution in [0.15, 0.2) is 23.6 Å². The highest BCUT2D eigenvalue weighted by Gasteiger charge is 2.32. The maximum Gasteiger partial charge on any atom is 0.341 e. The van der Waals surface area contributed by atoms with Crippen LogP contribution < -0.4 is 11.1 Å². The second-order valence-electron chi connectivity index (χ2n) is 6.25. The number of carbonyl (C=O) groups excluding carboxylic acids is 3. The molecule has 9 heteroatoms. The largest absolute Gasteiger partial charge is 0.462 e. The first-order valence-corrected chi connectivity index (χ1v) is 9.59. The van der Waals surface area contributed by atoms with Crippen molar-refractivity contribution in [2.45, 2.75) is 25.7 Å². The first-order valence-electron chi connectivity index (χ1n) is 8.71. The van der Waals surface area contributed by atoms with E-state index in [0.717, 1.165) is 30.5 Å².